The van der Waals surface area contributed by atoms with E-state index in [9.17, 15) is 5.11 Å². The van der Waals surface area contributed by atoms with E-state index < -0.39 is 0 Å². The Balaban J connectivity index is 2.68. The molecule has 1 fully saturated rings. The third-order valence-corrected chi connectivity index (χ3v) is 3.60. The van der Waals surface area contributed by atoms with Gasteiger partial charge in [0.05, 0.1) is 6.10 Å². The summed E-state index contributed by atoms with van der Waals surface area (Å²) in [5.74, 6) is 0. The van der Waals surface area contributed by atoms with Crippen LogP contribution in [0.15, 0.2) is 16.9 Å². The molecule has 1 rings (SSSR count). The van der Waals surface area contributed by atoms with Crippen LogP contribution in [0.5, 0.6) is 0 Å². The molecule has 17 heavy (non-hydrogen) atoms. The molecule has 0 unspecified atom stereocenters. The molecule has 98 valence electrons. The van der Waals surface area contributed by atoms with Crippen molar-refractivity contribution in [2.75, 3.05) is 0 Å². The predicted octanol–water partition coefficient (Wildman–Crippen LogP) is 4.75. The second-order valence-corrected chi connectivity index (χ2v) is 5.26. The molecule has 1 atom stereocenters. The number of hydrogen-bond donors (Lipinski definition) is 1. The third-order valence-electron chi connectivity index (χ3n) is 3.60. The number of rotatable bonds is 6. The SMILES string of the molecule is CCCCC(=C=C1CCCCC1)C[C@@H](O)CC. The van der Waals surface area contributed by atoms with E-state index >= 15 is 0 Å². The first-order chi connectivity index (χ1) is 8.26. The van der Waals surface area contributed by atoms with Crippen LogP contribution in [0.25, 0.3) is 0 Å². The van der Waals surface area contributed by atoms with Crippen LogP contribution in [0.4, 0.5) is 0 Å². The van der Waals surface area contributed by atoms with E-state index in [1.165, 1.54) is 56.1 Å². The smallest absolute Gasteiger partial charge is 0.0580 e. The van der Waals surface area contributed by atoms with Crippen LogP contribution in [0.1, 0.15) is 78.1 Å². The van der Waals surface area contributed by atoms with Gasteiger partial charge in [-0.1, -0.05) is 26.7 Å². The van der Waals surface area contributed by atoms with E-state index in [-0.39, 0.29) is 6.10 Å². The zero-order valence-corrected chi connectivity index (χ0v) is 11.6. The molecule has 0 bridgehead atoms. The molecule has 1 heteroatoms. The van der Waals surface area contributed by atoms with Crippen LogP contribution in [-0.4, -0.2) is 11.2 Å². The summed E-state index contributed by atoms with van der Waals surface area (Å²) in [5, 5.41) is 9.79. The first-order valence-corrected chi connectivity index (χ1v) is 7.40. The average Bonchev–Trinajstić information content (AvgIpc) is 2.37. The Morgan fingerprint density at radius 2 is 1.94 bits per heavy atom. The molecule has 0 radical (unpaired) electrons. The highest BCUT2D eigenvalue weighted by molar-refractivity contribution is 5.11. The van der Waals surface area contributed by atoms with Crippen LogP contribution in [0.3, 0.4) is 0 Å². The Labute approximate surface area is 107 Å². The van der Waals surface area contributed by atoms with Crippen molar-refractivity contribution < 1.29 is 5.11 Å². The van der Waals surface area contributed by atoms with Crippen molar-refractivity contribution in [2.24, 2.45) is 0 Å². The van der Waals surface area contributed by atoms with Gasteiger partial charge in [-0.3, -0.25) is 0 Å². The molecule has 0 aromatic carbocycles. The minimum atomic E-state index is -0.168. The molecular formula is C16H28O. The largest absolute Gasteiger partial charge is 0.393 e. The maximum absolute atomic E-state index is 9.79. The third kappa shape index (κ3) is 6.10. The summed E-state index contributed by atoms with van der Waals surface area (Å²) in [6.07, 6.45) is 11.6. The van der Waals surface area contributed by atoms with E-state index in [2.05, 4.69) is 19.6 Å². The highest BCUT2D eigenvalue weighted by atomic mass is 16.3. The van der Waals surface area contributed by atoms with Gasteiger partial charge in [0.25, 0.3) is 0 Å². The van der Waals surface area contributed by atoms with E-state index in [1.807, 2.05) is 0 Å². The number of hydrogen-bond acceptors (Lipinski definition) is 1. The van der Waals surface area contributed by atoms with Gasteiger partial charge >= 0.3 is 0 Å². The highest BCUT2D eigenvalue weighted by Gasteiger charge is 2.08. The van der Waals surface area contributed by atoms with Gasteiger partial charge in [-0.2, -0.15) is 0 Å². The molecule has 1 aliphatic carbocycles. The topological polar surface area (TPSA) is 20.2 Å². The molecule has 1 saturated carbocycles. The molecule has 0 aromatic heterocycles. The molecule has 0 saturated heterocycles. The van der Waals surface area contributed by atoms with Crippen LogP contribution >= 0.6 is 0 Å². The van der Waals surface area contributed by atoms with Crippen molar-refractivity contribution >= 4 is 0 Å². The Morgan fingerprint density at radius 1 is 1.24 bits per heavy atom. The van der Waals surface area contributed by atoms with Crippen molar-refractivity contribution in [1.82, 2.24) is 0 Å². The van der Waals surface area contributed by atoms with Gasteiger partial charge in [0, 0.05) is 6.42 Å². The Hall–Kier alpha value is -0.520. The molecule has 0 heterocycles. The molecule has 0 spiro atoms. The number of unbranched alkanes of at least 4 members (excludes halogenated alkanes) is 1. The second-order valence-electron chi connectivity index (χ2n) is 5.26. The Kier molecular flexibility index (Phi) is 7.32. The average molecular weight is 236 g/mol. The van der Waals surface area contributed by atoms with Gasteiger partial charge in [-0.05, 0) is 56.1 Å². The van der Waals surface area contributed by atoms with Crippen molar-refractivity contribution in [1.29, 1.82) is 0 Å². The summed E-state index contributed by atoms with van der Waals surface area (Å²) in [7, 11) is 0. The second kappa shape index (κ2) is 8.55. The maximum atomic E-state index is 9.79. The number of aliphatic hydroxyl groups excluding tert-OH is 1. The molecule has 0 amide bonds. The summed E-state index contributed by atoms with van der Waals surface area (Å²) >= 11 is 0. The Bertz CT molecular complexity index is 263. The van der Waals surface area contributed by atoms with Gasteiger partial charge in [-0.25, -0.2) is 0 Å². The van der Waals surface area contributed by atoms with Crippen molar-refractivity contribution in [3.05, 3.63) is 16.9 Å². The van der Waals surface area contributed by atoms with Crippen molar-refractivity contribution in [3.63, 3.8) is 0 Å². The van der Waals surface area contributed by atoms with Crippen molar-refractivity contribution in [2.45, 2.75) is 84.2 Å². The molecule has 1 nitrogen and oxygen atoms in total. The zero-order chi connectivity index (χ0) is 12.5. The van der Waals surface area contributed by atoms with Crippen LogP contribution < -0.4 is 0 Å². The summed E-state index contributed by atoms with van der Waals surface area (Å²) in [6.45, 7) is 4.28. The first kappa shape index (κ1) is 14.5. The molecule has 1 N–H and O–H groups in total. The molecular weight excluding hydrogens is 208 g/mol. The normalized spacial score (nSPS) is 17.7. The highest BCUT2D eigenvalue weighted by Crippen LogP contribution is 2.24. The lowest BCUT2D eigenvalue weighted by molar-refractivity contribution is 0.169. The summed E-state index contributed by atoms with van der Waals surface area (Å²) < 4.78 is 0. The fraction of sp³-hybridized carbons (Fsp3) is 0.812. The van der Waals surface area contributed by atoms with Gasteiger partial charge in [0.15, 0.2) is 0 Å². The minimum Gasteiger partial charge on any atom is -0.393 e. The van der Waals surface area contributed by atoms with E-state index in [0.717, 1.165) is 19.3 Å². The standard InChI is InChI=1S/C16H28O/c1-3-5-9-15(13-16(17)4-2)12-14-10-7-6-8-11-14/h16-17H,3-11,13H2,1-2H3/t16-/m0/s1. The predicted molar refractivity (Wildman–Crippen MR) is 74.1 cm³/mol. The van der Waals surface area contributed by atoms with Gasteiger partial charge in [0.2, 0.25) is 0 Å². The van der Waals surface area contributed by atoms with Crippen LogP contribution in [-0.2, 0) is 0 Å². The summed E-state index contributed by atoms with van der Waals surface area (Å²) in [5.41, 5.74) is 6.49. The zero-order valence-electron chi connectivity index (χ0n) is 11.6. The maximum Gasteiger partial charge on any atom is 0.0580 e. The fourth-order valence-corrected chi connectivity index (χ4v) is 2.39. The first-order valence-electron chi connectivity index (χ1n) is 7.40. The van der Waals surface area contributed by atoms with Gasteiger partial charge in [-0.15, -0.1) is 5.73 Å². The summed E-state index contributed by atoms with van der Waals surface area (Å²) in [6, 6.07) is 0. The van der Waals surface area contributed by atoms with Gasteiger partial charge < -0.3 is 5.11 Å². The molecule has 0 aromatic rings. The van der Waals surface area contributed by atoms with E-state index in [1.54, 1.807) is 0 Å². The Morgan fingerprint density at radius 3 is 2.53 bits per heavy atom. The quantitative estimate of drug-likeness (QED) is 0.660. The lowest BCUT2D eigenvalue weighted by atomic mass is 9.93. The van der Waals surface area contributed by atoms with E-state index in [4.69, 9.17) is 0 Å². The van der Waals surface area contributed by atoms with Crippen LogP contribution in [0, 0.1) is 0 Å². The minimum absolute atomic E-state index is 0.168. The van der Waals surface area contributed by atoms with Crippen molar-refractivity contribution in [3.8, 4) is 0 Å². The van der Waals surface area contributed by atoms with Crippen LogP contribution in [0.2, 0.25) is 0 Å². The molecule has 1 aliphatic rings. The lowest BCUT2D eigenvalue weighted by Crippen LogP contribution is -2.05. The summed E-state index contributed by atoms with van der Waals surface area (Å²) in [4.78, 5) is 0. The van der Waals surface area contributed by atoms with E-state index in [0.29, 0.717) is 0 Å². The molecule has 0 aliphatic heterocycles. The monoisotopic (exact) mass is 236 g/mol. The fourth-order valence-electron chi connectivity index (χ4n) is 2.39. The number of aliphatic hydroxyl groups is 1. The van der Waals surface area contributed by atoms with Gasteiger partial charge in [0.1, 0.15) is 0 Å². The lowest BCUT2D eigenvalue weighted by Gasteiger charge is -2.13.